The molecule has 2 rings (SSSR count). The van der Waals surface area contributed by atoms with Gasteiger partial charge in [-0.3, -0.25) is 0 Å². The van der Waals surface area contributed by atoms with Crippen molar-refractivity contribution in [1.82, 2.24) is 10.6 Å². The molecule has 0 unspecified atom stereocenters. The number of carbonyl (C=O) groups excluding carboxylic acids is 2. The number of carbonyl (C=O) groups is 2. The summed E-state index contributed by atoms with van der Waals surface area (Å²) in [6.07, 6.45) is 0.486. The molecule has 0 spiro atoms. The molecule has 0 saturated carbocycles. The first-order chi connectivity index (χ1) is 9.77. The Labute approximate surface area is 126 Å². The molecule has 1 aliphatic rings. The quantitative estimate of drug-likeness (QED) is 0.788. The fraction of sp³-hybridized carbons (Fsp3) is 0.333. The van der Waals surface area contributed by atoms with Crippen LogP contribution < -0.4 is 10.6 Å². The van der Waals surface area contributed by atoms with Crippen molar-refractivity contribution in [2.75, 3.05) is 19.3 Å². The number of sulfone groups is 1. The van der Waals surface area contributed by atoms with Crippen LogP contribution in [0.15, 0.2) is 23.1 Å². The van der Waals surface area contributed by atoms with Crippen molar-refractivity contribution in [3.05, 3.63) is 28.8 Å². The van der Waals surface area contributed by atoms with Gasteiger partial charge >= 0.3 is 12.0 Å². The second-order valence-corrected chi connectivity index (χ2v) is 6.95. The Hall–Kier alpha value is -1.80. The molecule has 1 aromatic rings. The Balaban J connectivity index is 2.17. The molecule has 1 aliphatic heterocycles. The SMILES string of the molecule is CS(=O)(=O)c1ccc(Cl)c(C(=O)OC2CNC(=O)NC2)c1. The molecule has 21 heavy (non-hydrogen) atoms. The van der Waals surface area contributed by atoms with E-state index in [0.717, 1.165) is 6.26 Å². The minimum atomic E-state index is -3.45. The lowest BCUT2D eigenvalue weighted by molar-refractivity contribution is 0.0290. The van der Waals surface area contributed by atoms with E-state index in [0.29, 0.717) is 0 Å². The third-order valence-corrected chi connectivity index (χ3v) is 4.28. The maximum Gasteiger partial charge on any atom is 0.340 e. The normalized spacial score (nSPS) is 16.0. The number of esters is 1. The molecule has 0 radical (unpaired) electrons. The summed E-state index contributed by atoms with van der Waals surface area (Å²) >= 11 is 5.90. The zero-order valence-corrected chi connectivity index (χ0v) is 12.6. The fourth-order valence-electron chi connectivity index (χ4n) is 1.74. The van der Waals surface area contributed by atoms with Crippen LogP contribution in [-0.2, 0) is 14.6 Å². The van der Waals surface area contributed by atoms with Crippen LogP contribution in [0.4, 0.5) is 4.79 Å². The van der Waals surface area contributed by atoms with E-state index in [9.17, 15) is 18.0 Å². The highest BCUT2D eigenvalue weighted by molar-refractivity contribution is 7.90. The molecule has 9 heteroatoms. The number of hydrogen-bond donors (Lipinski definition) is 2. The lowest BCUT2D eigenvalue weighted by atomic mass is 10.2. The minimum Gasteiger partial charge on any atom is -0.455 e. The van der Waals surface area contributed by atoms with E-state index in [2.05, 4.69) is 10.6 Å². The highest BCUT2D eigenvalue weighted by atomic mass is 35.5. The molecule has 114 valence electrons. The summed E-state index contributed by atoms with van der Waals surface area (Å²) < 4.78 is 28.2. The molecule has 7 nitrogen and oxygen atoms in total. The van der Waals surface area contributed by atoms with Crippen molar-refractivity contribution < 1.29 is 22.7 Å². The maximum absolute atomic E-state index is 12.1. The van der Waals surface area contributed by atoms with Crippen molar-refractivity contribution >= 4 is 33.4 Å². The van der Waals surface area contributed by atoms with Crippen molar-refractivity contribution in [3.63, 3.8) is 0 Å². The molecule has 0 aliphatic carbocycles. The number of hydrogen-bond acceptors (Lipinski definition) is 5. The summed E-state index contributed by atoms with van der Waals surface area (Å²) in [6.45, 7) is 0.363. The average Bonchev–Trinajstić information content (AvgIpc) is 2.40. The van der Waals surface area contributed by atoms with Crippen molar-refractivity contribution in [2.24, 2.45) is 0 Å². The van der Waals surface area contributed by atoms with E-state index >= 15 is 0 Å². The molecule has 0 bridgehead atoms. The summed E-state index contributed by atoms with van der Waals surface area (Å²) in [5, 5.41) is 5.06. The standard InChI is InChI=1S/C12H13ClN2O5S/c1-21(18,19)8-2-3-10(13)9(4-8)11(16)20-7-5-14-12(17)15-6-7/h2-4,7H,5-6H2,1H3,(H2,14,15,17). The summed E-state index contributed by atoms with van der Waals surface area (Å²) in [4.78, 5) is 23.0. The highest BCUT2D eigenvalue weighted by Gasteiger charge is 2.23. The number of urea groups is 1. The smallest absolute Gasteiger partial charge is 0.340 e. The van der Waals surface area contributed by atoms with E-state index in [1.807, 2.05) is 0 Å². The predicted molar refractivity (Wildman–Crippen MR) is 75.2 cm³/mol. The third-order valence-electron chi connectivity index (χ3n) is 2.84. The van der Waals surface area contributed by atoms with Crippen molar-refractivity contribution in [2.45, 2.75) is 11.0 Å². The average molecular weight is 333 g/mol. The van der Waals surface area contributed by atoms with Gasteiger partial charge in [0.2, 0.25) is 0 Å². The number of nitrogens with one attached hydrogen (secondary N) is 2. The van der Waals surface area contributed by atoms with Crippen LogP contribution in [0.3, 0.4) is 0 Å². The minimum absolute atomic E-state index is 0.0195. The topological polar surface area (TPSA) is 102 Å². The molecule has 0 atom stereocenters. The second-order valence-electron chi connectivity index (χ2n) is 4.53. The number of amides is 2. The Morgan fingerprint density at radius 1 is 1.33 bits per heavy atom. The van der Waals surface area contributed by atoms with Crippen molar-refractivity contribution in [3.8, 4) is 0 Å². The lowest BCUT2D eigenvalue weighted by Crippen LogP contribution is -2.52. The number of halogens is 1. The van der Waals surface area contributed by atoms with Gasteiger partial charge in [-0.2, -0.15) is 0 Å². The Morgan fingerprint density at radius 2 is 1.95 bits per heavy atom. The molecule has 1 aromatic carbocycles. The fourth-order valence-corrected chi connectivity index (χ4v) is 2.58. The van der Waals surface area contributed by atoms with Gasteiger partial charge in [0.15, 0.2) is 9.84 Å². The van der Waals surface area contributed by atoms with Gasteiger partial charge < -0.3 is 15.4 Å². The first-order valence-electron chi connectivity index (χ1n) is 5.99. The first kappa shape index (κ1) is 15.6. The largest absolute Gasteiger partial charge is 0.455 e. The van der Waals surface area contributed by atoms with Crippen LogP contribution in [0.2, 0.25) is 5.02 Å². The predicted octanol–water partition coefficient (Wildman–Crippen LogP) is 0.582. The molecule has 0 aromatic heterocycles. The summed E-state index contributed by atoms with van der Waals surface area (Å²) in [7, 11) is -3.45. The molecule has 1 heterocycles. The van der Waals surface area contributed by atoms with E-state index < -0.39 is 21.9 Å². The van der Waals surface area contributed by atoms with E-state index in [1.165, 1.54) is 18.2 Å². The monoisotopic (exact) mass is 332 g/mol. The molecule has 1 fully saturated rings. The Kier molecular flexibility index (Phi) is 4.38. The number of benzene rings is 1. The van der Waals surface area contributed by atoms with Crippen LogP contribution in [0.1, 0.15) is 10.4 Å². The zero-order chi connectivity index (χ0) is 15.6. The Morgan fingerprint density at radius 3 is 2.52 bits per heavy atom. The molecular formula is C12H13ClN2O5S. The van der Waals surface area contributed by atoms with Gasteiger partial charge in [0, 0.05) is 6.26 Å². The van der Waals surface area contributed by atoms with Gasteiger partial charge in [-0.25, -0.2) is 18.0 Å². The van der Waals surface area contributed by atoms with E-state index in [4.69, 9.17) is 16.3 Å². The van der Waals surface area contributed by atoms with Gasteiger partial charge in [-0.15, -0.1) is 0 Å². The summed E-state index contributed by atoms with van der Waals surface area (Å²) in [5.41, 5.74) is -0.0310. The number of rotatable bonds is 3. The van der Waals surface area contributed by atoms with Gasteiger partial charge in [-0.1, -0.05) is 11.6 Å². The van der Waals surface area contributed by atoms with E-state index in [-0.39, 0.29) is 34.6 Å². The Bertz CT molecular complexity index is 679. The van der Waals surface area contributed by atoms with Crippen LogP contribution >= 0.6 is 11.6 Å². The van der Waals surface area contributed by atoms with E-state index in [1.54, 1.807) is 0 Å². The highest BCUT2D eigenvalue weighted by Crippen LogP contribution is 2.21. The molecular weight excluding hydrogens is 320 g/mol. The zero-order valence-electron chi connectivity index (χ0n) is 11.1. The van der Waals surface area contributed by atoms with Gasteiger partial charge in [0.05, 0.1) is 28.6 Å². The van der Waals surface area contributed by atoms with Crippen molar-refractivity contribution in [1.29, 1.82) is 0 Å². The van der Waals surface area contributed by atoms with Gasteiger partial charge in [0.25, 0.3) is 0 Å². The van der Waals surface area contributed by atoms with Crippen LogP contribution in [0, 0.1) is 0 Å². The number of ether oxygens (including phenoxy) is 1. The third kappa shape index (κ3) is 3.85. The first-order valence-corrected chi connectivity index (χ1v) is 8.26. The van der Waals surface area contributed by atoms with Crippen LogP contribution in [0.25, 0.3) is 0 Å². The van der Waals surface area contributed by atoms with Gasteiger partial charge in [0.1, 0.15) is 6.10 Å². The molecule has 2 amide bonds. The molecule has 1 saturated heterocycles. The van der Waals surface area contributed by atoms with Crippen LogP contribution in [-0.4, -0.2) is 45.9 Å². The second kappa shape index (κ2) is 5.90. The lowest BCUT2D eigenvalue weighted by Gasteiger charge is -2.23. The van der Waals surface area contributed by atoms with Crippen LogP contribution in [0.5, 0.6) is 0 Å². The molecule has 2 N–H and O–H groups in total. The summed E-state index contributed by atoms with van der Waals surface area (Å²) in [6, 6.07) is 3.49. The summed E-state index contributed by atoms with van der Waals surface area (Å²) in [5.74, 6) is -0.742. The van der Waals surface area contributed by atoms with Gasteiger partial charge in [-0.05, 0) is 18.2 Å². The maximum atomic E-state index is 12.1.